The van der Waals surface area contributed by atoms with Gasteiger partial charge in [-0.1, -0.05) is 18.6 Å². The molecule has 0 radical (unpaired) electrons. The van der Waals surface area contributed by atoms with Crippen LogP contribution in [0.1, 0.15) is 42.1 Å². The highest BCUT2D eigenvalue weighted by molar-refractivity contribution is 5.75. The summed E-state index contributed by atoms with van der Waals surface area (Å²) in [4.78, 5) is 15.0. The molecule has 1 aromatic carbocycles. The molecular weight excluding hydrogens is 252 g/mol. The molecule has 0 amide bonds. The number of hydrogen-bond acceptors (Lipinski definition) is 3. The highest BCUT2D eigenvalue weighted by Gasteiger charge is 2.27. The molecule has 1 saturated carbocycles. The second-order valence-electron chi connectivity index (χ2n) is 5.21. The maximum atomic E-state index is 10.8. The maximum Gasteiger partial charge on any atom is 0.150 e. The van der Waals surface area contributed by atoms with Gasteiger partial charge in [-0.05, 0) is 31.4 Å². The standard InChI is InChI=1S/C16H18N2O2/c19-11-13-4-3-5-14(10-13)20-16-7-2-1-6-15(16)18-9-8-17-12-18/h3-5,8-12,15-16H,1-2,6-7H2. The molecule has 4 nitrogen and oxygen atoms in total. The number of ether oxygens (including phenoxy) is 1. The van der Waals surface area contributed by atoms with E-state index in [9.17, 15) is 4.79 Å². The van der Waals surface area contributed by atoms with E-state index in [1.807, 2.05) is 24.7 Å². The van der Waals surface area contributed by atoms with Gasteiger partial charge in [0, 0.05) is 18.0 Å². The molecule has 0 spiro atoms. The minimum absolute atomic E-state index is 0.139. The van der Waals surface area contributed by atoms with Gasteiger partial charge in [-0.2, -0.15) is 0 Å². The fraction of sp³-hybridized carbons (Fsp3) is 0.375. The lowest BCUT2D eigenvalue weighted by Crippen LogP contribution is -2.32. The predicted molar refractivity (Wildman–Crippen MR) is 76.0 cm³/mol. The van der Waals surface area contributed by atoms with Crippen molar-refractivity contribution in [2.45, 2.75) is 37.8 Å². The topological polar surface area (TPSA) is 44.1 Å². The van der Waals surface area contributed by atoms with E-state index in [1.54, 1.807) is 18.3 Å². The smallest absolute Gasteiger partial charge is 0.150 e. The summed E-state index contributed by atoms with van der Waals surface area (Å²) in [5, 5.41) is 0. The van der Waals surface area contributed by atoms with Crippen molar-refractivity contribution >= 4 is 6.29 Å². The number of carbonyl (C=O) groups excluding carboxylic acids is 1. The van der Waals surface area contributed by atoms with Crippen LogP contribution in [0.3, 0.4) is 0 Å². The van der Waals surface area contributed by atoms with Gasteiger partial charge < -0.3 is 9.30 Å². The second kappa shape index (κ2) is 5.90. The van der Waals surface area contributed by atoms with Crippen molar-refractivity contribution in [3.8, 4) is 5.75 Å². The fourth-order valence-corrected chi connectivity index (χ4v) is 2.86. The van der Waals surface area contributed by atoms with Gasteiger partial charge in [-0.25, -0.2) is 4.98 Å². The lowest BCUT2D eigenvalue weighted by molar-refractivity contribution is 0.0974. The number of benzene rings is 1. The molecule has 1 aliphatic rings. The molecule has 2 unspecified atom stereocenters. The van der Waals surface area contributed by atoms with E-state index in [0.717, 1.165) is 24.9 Å². The molecule has 0 N–H and O–H groups in total. The number of aldehydes is 1. The van der Waals surface area contributed by atoms with Gasteiger partial charge in [0.25, 0.3) is 0 Å². The molecule has 3 rings (SSSR count). The highest BCUT2D eigenvalue weighted by atomic mass is 16.5. The van der Waals surface area contributed by atoms with E-state index >= 15 is 0 Å². The van der Waals surface area contributed by atoms with Crippen LogP contribution in [0.25, 0.3) is 0 Å². The van der Waals surface area contributed by atoms with Crippen LogP contribution < -0.4 is 4.74 Å². The first-order valence-corrected chi connectivity index (χ1v) is 7.06. The molecule has 2 atom stereocenters. The van der Waals surface area contributed by atoms with Crippen molar-refractivity contribution in [2.24, 2.45) is 0 Å². The zero-order chi connectivity index (χ0) is 13.8. The van der Waals surface area contributed by atoms with Gasteiger partial charge >= 0.3 is 0 Å². The average Bonchev–Trinajstić information content (AvgIpc) is 3.02. The van der Waals surface area contributed by atoms with Crippen molar-refractivity contribution < 1.29 is 9.53 Å². The number of hydrogen-bond donors (Lipinski definition) is 0. The molecule has 1 aromatic heterocycles. The number of rotatable bonds is 4. The number of carbonyl (C=O) groups is 1. The first kappa shape index (κ1) is 12.9. The molecule has 0 saturated heterocycles. The first-order chi connectivity index (χ1) is 9.86. The highest BCUT2D eigenvalue weighted by Crippen LogP contribution is 2.32. The van der Waals surface area contributed by atoms with E-state index < -0.39 is 0 Å². The quantitative estimate of drug-likeness (QED) is 0.801. The molecule has 1 heterocycles. The van der Waals surface area contributed by atoms with E-state index in [0.29, 0.717) is 11.6 Å². The van der Waals surface area contributed by atoms with Gasteiger partial charge in [-0.15, -0.1) is 0 Å². The Balaban J connectivity index is 1.78. The van der Waals surface area contributed by atoms with Gasteiger partial charge in [0.1, 0.15) is 18.1 Å². The summed E-state index contributed by atoms with van der Waals surface area (Å²) in [6.45, 7) is 0. The van der Waals surface area contributed by atoms with E-state index in [1.165, 1.54) is 12.8 Å². The SMILES string of the molecule is O=Cc1cccc(OC2CCCCC2n2ccnc2)c1. The molecule has 104 valence electrons. The van der Waals surface area contributed by atoms with Crippen LogP contribution in [0.15, 0.2) is 43.0 Å². The lowest BCUT2D eigenvalue weighted by Gasteiger charge is -2.32. The fourth-order valence-electron chi connectivity index (χ4n) is 2.86. The third kappa shape index (κ3) is 2.74. The van der Waals surface area contributed by atoms with E-state index in [-0.39, 0.29) is 6.10 Å². The maximum absolute atomic E-state index is 10.8. The molecular formula is C16H18N2O2. The van der Waals surface area contributed by atoms with Crippen LogP contribution >= 0.6 is 0 Å². The summed E-state index contributed by atoms with van der Waals surface area (Å²) >= 11 is 0. The molecule has 1 fully saturated rings. The molecule has 0 bridgehead atoms. The monoisotopic (exact) mass is 270 g/mol. The normalized spacial score (nSPS) is 22.4. The zero-order valence-electron chi connectivity index (χ0n) is 11.3. The summed E-state index contributed by atoms with van der Waals surface area (Å²) in [6.07, 6.45) is 11.2. The first-order valence-electron chi connectivity index (χ1n) is 7.06. The van der Waals surface area contributed by atoms with E-state index in [2.05, 4.69) is 9.55 Å². The Morgan fingerprint density at radius 3 is 3.00 bits per heavy atom. The van der Waals surface area contributed by atoms with Crippen molar-refractivity contribution in [1.29, 1.82) is 0 Å². The molecule has 1 aliphatic carbocycles. The van der Waals surface area contributed by atoms with Crippen molar-refractivity contribution in [1.82, 2.24) is 9.55 Å². The number of nitrogens with zero attached hydrogens (tertiary/aromatic N) is 2. The van der Waals surface area contributed by atoms with Crippen molar-refractivity contribution in [3.63, 3.8) is 0 Å². The third-order valence-corrected chi connectivity index (χ3v) is 3.86. The van der Waals surface area contributed by atoms with Gasteiger partial charge in [0.15, 0.2) is 0 Å². The lowest BCUT2D eigenvalue weighted by atomic mass is 9.92. The Hall–Kier alpha value is -2.10. The summed E-state index contributed by atoms with van der Waals surface area (Å²) < 4.78 is 8.26. The predicted octanol–water partition coefficient (Wildman–Crippen LogP) is 3.26. The van der Waals surface area contributed by atoms with Crippen LogP contribution in [0.2, 0.25) is 0 Å². The Bertz CT molecular complexity index is 566. The molecule has 0 aliphatic heterocycles. The van der Waals surface area contributed by atoms with Gasteiger partial charge in [0.2, 0.25) is 0 Å². The summed E-state index contributed by atoms with van der Waals surface area (Å²) in [7, 11) is 0. The van der Waals surface area contributed by atoms with Crippen LogP contribution in [0, 0.1) is 0 Å². The molecule has 2 aromatic rings. The summed E-state index contributed by atoms with van der Waals surface area (Å²) in [6, 6.07) is 7.67. The average molecular weight is 270 g/mol. The number of aromatic nitrogens is 2. The van der Waals surface area contributed by atoms with Crippen LogP contribution in [-0.4, -0.2) is 21.9 Å². The summed E-state index contributed by atoms with van der Waals surface area (Å²) in [5.41, 5.74) is 0.650. The Labute approximate surface area is 118 Å². The van der Waals surface area contributed by atoms with Crippen molar-refractivity contribution in [3.05, 3.63) is 48.5 Å². The third-order valence-electron chi connectivity index (χ3n) is 3.86. The molecule has 20 heavy (non-hydrogen) atoms. The Morgan fingerprint density at radius 1 is 1.30 bits per heavy atom. The van der Waals surface area contributed by atoms with E-state index in [4.69, 9.17) is 4.74 Å². The summed E-state index contributed by atoms with van der Waals surface area (Å²) in [5.74, 6) is 0.770. The zero-order valence-corrected chi connectivity index (χ0v) is 11.3. The van der Waals surface area contributed by atoms with Crippen molar-refractivity contribution in [2.75, 3.05) is 0 Å². The molecule has 4 heteroatoms. The Morgan fingerprint density at radius 2 is 2.20 bits per heavy atom. The largest absolute Gasteiger partial charge is 0.488 e. The Kier molecular flexibility index (Phi) is 3.81. The van der Waals surface area contributed by atoms with Crippen LogP contribution in [-0.2, 0) is 0 Å². The van der Waals surface area contributed by atoms with Crippen LogP contribution in [0.5, 0.6) is 5.75 Å². The minimum Gasteiger partial charge on any atom is -0.488 e. The second-order valence-corrected chi connectivity index (χ2v) is 5.21. The minimum atomic E-state index is 0.139. The number of imidazole rings is 1. The van der Waals surface area contributed by atoms with Gasteiger partial charge in [0.05, 0.1) is 12.4 Å². The van der Waals surface area contributed by atoms with Crippen LogP contribution in [0.4, 0.5) is 0 Å². The van der Waals surface area contributed by atoms with Gasteiger partial charge in [-0.3, -0.25) is 4.79 Å².